The molecule has 0 bridgehead atoms. The zero-order chi connectivity index (χ0) is 26.0. The van der Waals surface area contributed by atoms with Gasteiger partial charge in [-0.15, -0.1) is 0 Å². The van der Waals surface area contributed by atoms with Gasteiger partial charge in [0.05, 0.1) is 22.3 Å². The van der Waals surface area contributed by atoms with Crippen LogP contribution in [0, 0.1) is 0 Å². The fourth-order valence-corrected chi connectivity index (χ4v) is 4.09. The molecule has 178 valence electrons. The second-order valence-electron chi connectivity index (χ2n) is 7.84. The highest BCUT2D eigenvalue weighted by Crippen LogP contribution is 2.30. The first-order valence-corrected chi connectivity index (χ1v) is 10.6. The molecule has 8 nitrogen and oxygen atoms in total. The molecule has 0 unspecified atom stereocenters. The Balaban J connectivity index is 0.000000185. The highest BCUT2D eigenvalue weighted by molar-refractivity contribution is 6.21. The molecule has 0 heterocycles. The van der Waals surface area contributed by atoms with Crippen molar-refractivity contribution in [2.24, 2.45) is 0 Å². The summed E-state index contributed by atoms with van der Waals surface area (Å²) in [7, 11) is 0. The van der Waals surface area contributed by atoms with Gasteiger partial charge in [-0.05, 0) is 57.9 Å². The summed E-state index contributed by atoms with van der Waals surface area (Å²) in [5, 5.41) is 41.0. The van der Waals surface area contributed by atoms with Crippen molar-refractivity contribution in [3.05, 3.63) is 107 Å². The lowest BCUT2D eigenvalue weighted by molar-refractivity contribution is 0.0675. The van der Waals surface area contributed by atoms with Gasteiger partial charge in [0.2, 0.25) is 0 Å². The van der Waals surface area contributed by atoms with Gasteiger partial charge in [0.1, 0.15) is 0 Å². The van der Waals surface area contributed by atoms with Crippen molar-refractivity contribution in [2.45, 2.75) is 0 Å². The van der Waals surface area contributed by atoms with Gasteiger partial charge in [-0.25, -0.2) is 19.2 Å². The van der Waals surface area contributed by atoms with E-state index in [9.17, 15) is 19.2 Å². The van der Waals surface area contributed by atoms with Crippen LogP contribution in [0.4, 0.5) is 0 Å². The molecule has 0 spiro atoms. The molecule has 0 radical (unpaired) electrons. The average molecular weight is 482 g/mol. The fourth-order valence-electron chi connectivity index (χ4n) is 4.09. The SMILES string of the molecule is O=C(O)c1ccc(C(=O)O)c2c(C(=O)O)ccc(C(=O)O)c12.c1ccc2cc3ccccc3cc2c1. The first-order valence-electron chi connectivity index (χ1n) is 10.6. The standard InChI is InChI=1S/C14H8O8.C14H10/c15-11(16)5-1-2-6(12(17)18)10-8(14(21)22)4-3-7(9(5)10)13(19)20;1-2-6-12-10-14-8-4-3-7-13(14)9-11(12)5-1/h1-4H,(H,15,16)(H,17,18)(H,19,20)(H,21,22);1-10H. The Bertz CT molecular complexity index is 1460. The van der Waals surface area contributed by atoms with Crippen LogP contribution in [-0.2, 0) is 0 Å². The van der Waals surface area contributed by atoms with Crippen LogP contribution in [0.25, 0.3) is 32.3 Å². The minimum absolute atomic E-state index is 0.431. The second kappa shape index (κ2) is 9.55. The minimum Gasteiger partial charge on any atom is -0.478 e. The molecule has 0 saturated heterocycles. The van der Waals surface area contributed by atoms with Gasteiger partial charge >= 0.3 is 23.9 Å². The molecule has 4 N–H and O–H groups in total. The van der Waals surface area contributed by atoms with Gasteiger partial charge in [0.15, 0.2) is 0 Å². The molecule has 0 aromatic heterocycles. The van der Waals surface area contributed by atoms with Crippen molar-refractivity contribution < 1.29 is 39.6 Å². The van der Waals surface area contributed by atoms with E-state index in [2.05, 4.69) is 60.7 Å². The molecule has 0 aliphatic rings. The van der Waals surface area contributed by atoms with Crippen LogP contribution >= 0.6 is 0 Å². The van der Waals surface area contributed by atoms with Crippen molar-refractivity contribution >= 4 is 56.2 Å². The van der Waals surface area contributed by atoms with Crippen molar-refractivity contribution in [3.8, 4) is 0 Å². The first-order chi connectivity index (χ1) is 17.2. The van der Waals surface area contributed by atoms with Crippen LogP contribution in [0.5, 0.6) is 0 Å². The Labute approximate surface area is 203 Å². The Morgan fingerprint density at radius 1 is 0.389 bits per heavy atom. The third-order valence-corrected chi connectivity index (χ3v) is 5.70. The lowest BCUT2D eigenvalue weighted by Crippen LogP contribution is -2.11. The van der Waals surface area contributed by atoms with Crippen LogP contribution in [0.1, 0.15) is 41.4 Å². The normalized spacial score (nSPS) is 10.6. The first kappa shape index (κ1) is 23.9. The van der Waals surface area contributed by atoms with E-state index in [1.54, 1.807) is 0 Å². The molecule has 0 aliphatic carbocycles. The summed E-state index contributed by atoms with van der Waals surface area (Å²) in [4.78, 5) is 45.1. The Morgan fingerprint density at radius 2 is 0.611 bits per heavy atom. The summed E-state index contributed by atoms with van der Waals surface area (Å²) in [5.74, 6) is -5.97. The summed E-state index contributed by atoms with van der Waals surface area (Å²) in [6.07, 6.45) is 0. The van der Waals surface area contributed by atoms with Crippen LogP contribution in [0.2, 0.25) is 0 Å². The van der Waals surface area contributed by atoms with Gasteiger partial charge in [-0.2, -0.15) is 0 Å². The predicted octanol–water partition coefficient (Wildman–Crippen LogP) is 5.63. The largest absolute Gasteiger partial charge is 0.478 e. The monoisotopic (exact) mass is 482 g/mol. The van der Waals surface area contributed by atoms with E-state index in [0.717, 1.165) is 24.3 Å². The number of carbonyl (C=O) groups is 4. The summed E-state index contributed by atoms with van der Waals surface area (Å²) in [6.45, 7) is 0. The van der Waals surface area contributed by atoms with Crippen LogP contribution in [0.15, 0.2) is 84.9 Å². The maximum absolute atomic E-state index is 11.3. The molecule has 8 heteroatoms. The number of carboxylic acids is 4. The Kier molecular flexibility index (Phi) is 6.34. The molecule has 0 aliphatic heterocycles. The number of rotatable bonds is 4. The highest BCUT2D eigenvalue weighted by Gasteiger charge is 2.25. The van der Waals surface area contributed by atoms with Crippen molar-refractivity contribution in [1.29, 1.82) is 0 Å². The average Bonchev–Trinajstić information content (AvgIpc) is 2.85. The predicted molar refractivity (Wildman–Crippen MR) is 133 cm³/mol. The summed E-state index contributed by atoms with van der Waals surface area (Å²) in [6, 6.07) is 25.2. The molecule has 0 atom stereocenters. The van der Waals surface area contributed by atoms with Crippen molar-refractivity contribution in [1.82, 2.24) is 0 Å². The van der Waals surface area contributed by atoms with E-state index in [1.807, 2.05) is 0 Å². The van der Waals surface area contributed by atoms with E-state index in [1.165, 1.54) is 21.5 Å². The Morgan fingerprint density at radius 3 is 0.806 bits per heavy atom. The molecular weight excluding hydrogens is 464 g/mol. The van der Waals surface area contributed by atoms with Gasteiger partial charge in [0.25, 0.3) is 0 Å². The molecule has 0 saturated carbocycles. The molecule has 5 aromatic carbocycles. The van der Waals surface area contributed by atoms with Crippen LogP contribution in [0.3, 0.4) is 0 Å². The second-order valence-corrected chi connectivity index (χ2v) is 7.84. The summed E-state index contributed by atoms with van der Waals surface area (Å²) >= 11 is 0. The number of carboxylic acid groups (broad SMARTS) is 4. The summed E-state index contributed by atoms with van der Waals surface area (Å²) in [5.41, 5.74) is -1.94. The third-order valence-electron chi connectivity index (χ3n) is 5.70. The lowest BCUT2D eigenvalue weighted by atomic mass is 9.91. The highest BCUT2D eigenvalue weighted by atomic mass is 16.4. The van der Waals surface area contributed by atoms with Crippen LogP contribution in [-0.4, -0.2) is 44.3 Å². The molecular formula is C28H18O8. The molecule has 0 amide bonds. The van der Waals surface area contributed by atoms with E-state index >= 15 is 0 Å². The molecule has 0 fully saturated rings. The number of hydrogen-bond acceptors (Lipinski definition) is 4. The van der Waals surface area contributed by atoms with Gasteiger partial charge in [-0.1, -0.05) is 48.5 Å². The number of benzene rings is 5. The topological polar surface area (TPSA) is 149 Å². The van der Waals surface area contributed by atoms with E-state index in [4.69, 9.17) is 20.4 Å². The zero-order valence-electron chi connectivity index (χ0n) is 18.5. The fraction of sp³-hybridized carbons (Fsp3) is 0. The lowest BCUT2D eigenvalue weighted by Gasteiger charge is -2.11. The quantitative estimate of drug-likeness (QED) is 0.241. The van der Waals surface area contributed by atoms with Gasteiger partial charge in [-0.3, -0.25) is 0 Å². The third kappa shape index (κ3) is 4.43. The van der Waals surface area contributed by atoms with Gasteiger partial charge in [0, 0.05) is 10.8 Å². The molecule has 5 rings (SSSR count). The smallest absolute Gasteiger partial charge is 0.336 e. The maximum Gasteiger partial charge on any atom is 0.336 e. The summed E-state index contributed by atoms with van der Waals surface area (Å²) < 4.78 is 0. The number of aromatic carboxylic acids is 4. The van der Waals surface area contributed by atoms with Gasteiger partial charge < -0.3 is 20.4 Å². The zero-order valence-corrected chi connectivity index (χ0v) is 18.5. The maximum atomic E-state index is 11.3. The van der Waals surface area contributed by atoms with Crippen molar-refractivity contribution in [3.63, 3.8) is 0 Å². The Hall–Kier alpha value is -5.24. The molecule has 36 heavy (non-hydrogen) atoms. The van der Waals surface area contributed by atoms with E-state index in [-0.39, 0.29) is 0 Å². The number of hydrogen-bond donors (Lipinski definition) is 4. The number of fused-ring (bicyclic) bond motifs is 3. The van der Waals surface area contributed by atoms with E-state index in [0.29, 0.717) is 0 Å². The minimum atomic E-state index is -1.49. The van der Waals surface area contributed by atoms with Crippen molar-refractivity contribution in [2.75, 3.05) is 0 Å². The van der Waals surface area contributed by atoms with E-state index < -0.39 is 56.9 Å². The molecule has 5 aromatic rings. The van der Waals surface area contributed by atoms with Crippen LogP contribution < -0.4 is 0 Å².